The van der Waals surface area contributed by atoms with Crippen LogP contribution in [0.5, 0.6) is 5.75 Å². The maximum atomic E-state index is 9.76. The maximum Gasteiger partial charge on any atom is 0.121 e. The lowest BCUT2D eigenvalue weighted by Gasteiger charge is -2.13. The standard InChI is InChI=1S/C15H20N2OS/c1-9-5-13(6-10(2)14(9)18)7-16-12(4)15-17-11(3)8-19-15/h5-6,8,12,16,18H,7H2,1-4H3. The minimum absolute atomic E-state index is 0.244. The van der Waals surface area contributed by atoms with Crippen LogP contribution in [0.15, 0.2) is 17.5 Å². The zero-order chi connectivity index (χ0) is 14.0. The third kappa shape index (κ3) is 3.33. The van der Waals surface area contributed by atoms with Crippen molar-refractivity contribution < 1.29 is 5.11 Å². The molecule has 0 fully saturated rings. The van der Waals surface area contributed by atoms with Gasteiger partial charge in [-0.25, -0.2) is 4.98 Å². The summed E-state index contributed by atoms with van der Waals surface area (Å²) >= 11 is 1.69. The van der Waals surface area contributed by atoms with Crippen molar-refractivity contribution >= 4 is 11.3 Å². The van der Waals surface area contributed by atoms with E-state index < -0.39 is 0 Å². The van der Waals surface area contributed by atoms with E-state index in [0.717, 1.165) is 28.4 Å². The molecule has 2 aromatic rings. The minimum atomic E-state index is 0.244. The van der Waals surface area contributed by atoms with Gasteiger partial charge in [0.2, 0.25) is 0 Å². The summed E-state index contributed by atoms with van der Waals surface area (Å²) in [6.07, 6.45) is 0. The van der Waals surface area contributed by atoms with Crippen LogP contribution in [0.1, 0.15) is 40.4 Å². The summed E-state index contributed by atoms with van der Waals surface area (Å²) in [5, 5.41) is 16.4. The van der Waals surface area contributed by atoms with E-state index in [9.17, 15) is 5.11 Å². The molecule has 1 aromatic heterocycles. The number of nitrogens with zero attached hydrogens (tertiary/aromatic N) is 1. The van der Waals surface area contributed by atoms with Crippen LogP contribution in [0.4, 0.5) is 0 Å². The maximum absolute atomic E-state index is 9.76. The number of phenols is 1. The van der Waals surface area contributed by atoms with Crippen LogP contribution in [0.3, 0.4) is 0 Å². The van der Waals surface area contributed by atoms with Gasteiger partial charge >= 0.3 is 0 Å². The molecule has 0 aliphatic heterocycles. The fraction of sp³-hybridized carbons (Fsp3) is 0.400. The van der Waals surface area contributed by atoms with Crippen molar-refractivity contribution in [3.63, 3.8) is 0 Å². The quantitative estimate of drug-likeness (QED) is 0.896. The number of aromatic nitrogens is 1. The number of aromatic hydroxyl groups is 1. The van der Waals surface area contributed by atoms with Crippen molar-refractivity contribution in [1.82, 2.24) is 10.3 Å². The lowest BCUT2D eigenvalue weighted by Crippen LogP contribution is -2.18. The number of hydrogen-bond donors (Lipinski definition) is 2. The van der Waals surface area contributed by atoms with E-state index in [0.29, 0.717) is 5.75 Å². The van der Waals surface area contributed by atoms with Gasteiger partial charge in [0.15, 0.2) is 0 Å². The molecule has 1 atom stereocenters. The molecular formula is C15H20N2OS. The second kappa shape index (κ2) is 5.72. The summed E-state index contributed by atoms with van der Waals surface area (Å²) in [6.45, 7) is 8.78. The molecule has 1 unspecified atom stereocenters. The van der Waals surface area contributed by atoms with Crippen molar-refractivity contribution in [3.8, 4) is 5.75 Å². The van der Waals surface area contributed by atoms with Crippen molar-refractivity contribution in [3.05, 3.63) is 44.9 Å². The molecule has 0 radical (unpaired) electrons. The van der Waals surface area contributed by atoms with Crippen LogP contribution in [0, 0.1) is 20.8 Å². The Labute approximate surface area is 118 Å². The molecule has 0 aliphatic rings. The Morgan fingerprint density at radius 1 is 1.26 bits per heavy atom. The summed E-state index contributed by atoms with van der Waals surface area (Å²) in [4.78, 5) is 4.49. The van der Waals surface area contributed by atoms with Gasteiger partial charge < -0.3 is 10.4 Å². The van der Waals surface area contributed by atoms with E-state index in [1.165, 1.54) is 5.56 Å². The molecule has 1 aromatic carbocycles. The van der Waals surface area contributed by atoms with Gasteiger partial charge in [-0.1, -0.05) is 12.1 Å². The van der Waals surface area contributed by atoms with E-state index in [1.807, 2.05) is 32.9 Å². The molecule has 0 amide bonds. The lowest BCUT2D eigenvalue weighted by molar-refractivity contribution is 0.466. The fourth-order valence-electron chi connectivity index (χ4n) is 2.08. The molecule has 2 N–H and O–H groups in total. The average molecular weight is 276 g/mol. The Morgan fingerprint density at radius 3 is 2.42 bits per heavy atom. The number of aryl methyl sites for hydroxylation is 3. The molecule has 2 rings (SSSR count). The van der Waals surface area contributed by atoms with Gasteiger partial charge in [-0.3, -0.25) is 0 Å². The predicted octanol–water partition coefficient (Wildman–Crippen LogP) is 3.62. The van der Waals surface area contributed by atoms with Crippen LogP contribution in [0.25, 0.3) is 0 Å². The zero-order valence-electron chi connectivity index (χ0n) is 11.8. The SMILES string of the molecule is Cc1csc(C(C)NCc2cc(C)c(O)c(C)c2)n1. The number of nitrogens with one attached hydrogen (secondary N) is 1. The topological polar surface area (TPSA) is 45.1 Å². The zero-order valence-corrected chi connectivity index (χ0v) is 12.6. The highest BCUT2D eigenvalue weighted by molar-refractivity contribution is 7.09. The molecule has 0 aliphatic carbocycles. The Morgan fingerprint density at radius 2 is 1.89 bits per heavy atom. The van der Waals surface area contributed by atoms with Crippen molar-refractivity contribution in [1.29, 1.82) is 0 Å². The van der Waals surface area contributed by atoms with Gasteiger partial charge in [0.05, 0.1) is 6.04 Å². The highest BCUT2D eigenvalue weighted by Crippen LogP contribution is 2.23. The third-order valence-electron chi connectivity index (χ3n) is 3.17. The van der Waals surface area contributed by atoms with Crippen LogP contribution in [-0.4, -0.2) is 10.1 Å². The van der Waals surface area contributed by atoms with Crippen LogP contribution >= 0.6 is 11.3 Å². The smallest absolute Gasteiger partial charge is 0.121 e. The summed E-state index contributed by atoms with van der Waals surface area (Å²) in [7, 11) is 0. The molecule has 0 saturated carbocycles. The lowest BCUT2D eigenvalue weighted by atomic mass is 10.1. The van der Waals surface area contributed by atoms with Gasteiger partial charge in [-0.2, -0.15) is 0 Å². The van der Waals surface area contributed by atoms with E-state index in [4.69, 9.17) is 0 Å². The van der Waals surface area contributed by atoms with E-state index in [2.05, 4.69) is 22.6 Å². The van der Waals surface area contributed by atoms with Crippen molar-refractivity contribution in [2.75, 3.05) is 0 Å². The first-order chi connectivity index (χ1) is 8.97. The van der Waals surface area contributed by atoms with Crippen LogP contribution in [-0.2, 0) is 6.54 Å². The first kappa shape index (κ1) is 14.0. The van der Waals surface area contributed by atoms with Crippen molar-refractivity contribution in [2.45, 2.75) is 40.3 Å². The first-order valence-electron chi connectivity index (χ1n) is 6.42. The predicted molar refractivity (Wildman–Crippen MR) is 79.7 cm³/mol. The Balaban J connectivity index is 2.03. The van der Waals surface area contributed by atoms with Crippen molar-refractivity contribution in [2.24, 2.45) is 0 Å². The van der Waals surface area contributed by atoms with E-state index >= 15 is 0 Å². The number of rotatable bonds is 4. The molecule has 4 heteroatoms. The molecule has 19 heavy (non-hydrogen) atoms. The van der Waals surface area contributed by atoms with E-state index in [1.54, 1.807) is 11.3 Å². The number of benzene rings is 1. The summed E-state index contributed by atoms with van der Waals surface area (Å²) < 4.78 is 0. The van der Waals surface area contributed by atoms with Crippen LogP contribution < -0.4 is 5.32 Å². The fourth-order valence-corrected chi connectivity index (χ4v) is 2.91. The minimum Gasteiger partial charge on any atom is -0.507 e. The van der Waals surface area contributed by atoms with Crippen LogP contribution in [0.2, 0.25) is 0 Å². The molecule has 1 heterocycles. The Hall–Kier alpha value is -1.39. The average Bonchev–Trinajstić information content (AvgIpc) is 2.79. The van der Waals surface area contributed by atoms with E-state index in [-0.39, 0.29) is 6.04 Å². The Kier molecular flexibility index (Phi) is 4.22. The van der Waals surface area contributed by atoms with Gasteiger partial charge in [0.25, 0.3) is 0 Å². The molecule has 0 bridgehead atoms. The monoisotopic (exact) mass is 276 g/mol. The first-order valence-corrected chi connectivity index (χ1v) is 7.30. The number of hydrogen-bond acceptors (Lipinski definition) is 4. The highest BCUT2D eigenvalue weighted by atomic mass is 32.1. The third-order valence-corrected chi connectivity index (χ3v) is 4.32. The second-order valence-electron chi connectivity index (χ2n) is 5.01. The molecule has 102 valence electrons. The molecule has 0 spiro atoms. The highest BCUT2D eigenvalue weighted by Gasteiger charge is 2.09. The molecule has 3 nitrogen and oxygen atoms in total. The van der Waals surface area contributed by atoms with Gasteiger partial charge in [-0.05, 0) is 44.4 Å². The normalized spacial score (nSPS) is 12.6. The second-order valence-corrected chi connectivity index (χ2v) is 5.90. The summed E-state index contributed by atoms with van der Waals surface area (Å²) in [6, 6.07) is 4.29. The Bertz CT molecular complexity index is 554. The molecular weight excluding hydrogens is 256 g/mol. The molecule has 0 saturated heterocycles. The number of phenolic OH excluding ortho intramolecular Hbond substituents is 1. The van der Waals surface area contributed by atoms with Gasteiger partial charge in [0.1, 0.15) is 10.8 Å². The largest absolute Gasteiger partial charge is 0.507 e. The van der Waals surface area contributed by atoms with Gasteiger partial charge in [0, 0.05) is 17.6 Å². The summed E-state index contributed by atoms with van der Waals surface area (Å²) in [5.74, 6) is 0.396. The summed E-state index contributed by atoms with van der Waals surface area (Å²) in [5.41, 5.74) is 4.11. The van der Waals surface area contributed by atoms with Gasteiger partial charge in [-0.15, -0.1) is 11.3 Å². The number of thiazole rings is 1.